The number of benzene rings is 2. The van der Waals surface area contributed by atoms with Crippen molar-refractivity contribution in [3.05, 3.63) is 65.0 Å². The molecule has 0 bridgehead atoms. The highest BCUT2D eigenvalue weighted by molar-refractivity contribution is 6.08. The van der Waals surface area contributed by atoms with Crippen LogP contribution in [0, 0.1) is 6.92 Å². The maximum Gasteiger partial charge on any atom is 0.341 e. The zero-order valence-corrected chi connectivity index (χ0v) is 19.5. The number of rotatable bonds is 8. The molecule has 1 amide bonds. The molecule has 0 fully saturated rings. The summed E-state index contributed by atoms with van der Waals surface area (Å²) in [6, 6.07) is 9.52. The molecule has 2 aromatic carbocycles. The van der Waals surface area contributed by atoms with E-state index in [0.29, 0.717) is 34.0 Å². The van der Waals surface area contributed by atoms with Gasteiger partial charge in [-0.05, 0) is 38.1 Å². The number of esters is 2. The first kappa shape index (κ1) is 24.3. The fraction of sp³-hybridized carbons (Fsp3) is 0.250. The minimum atomic E-state index is -0.641. The van der Waals surface area contributed by atoms with Gasteiger partial charge in [0.05, 0.1) is 56.8 Å². The molecule has 1 aromatic heterocycles. The summed E-state index contributed by atoms with van der Waals surface area (Å²) in [6.07, 6.45) is 1.44. The van der Waals surface area contributed by atoms with Crippen LogP contribution in [0.1, 0.15) is 43.7 Å². The Balaban J connectivity index is 1.86. The van der Waals surface area contributed by atoms with Crippen molar-refractivity contribution in [2.45, 2.75) is 13.8 Å². The van der Waals surface area contributed by atoms with Crippen molar-refractivity contribution < 1.29 is 33.3 Å². The number of aromatic nitrogens is 2. The molecule has 0 atom stereocenters. The summed E-state index contributed by atoms with van der Waals surface area (Å²) in [5.74, 6) is -0.876. The first-order chi connectivity index (χ1) is 16.3. The highest BCUT2D eigenvalue weighted by Crippen LogP contribution is 2.34. The summed E-state index contributed by atoms with van der Waals surface area (Å²) in [6.45, 7) is 3.76. The van der Waals surface area contributed by atoms with Gasteiger partial charge in [-0.1, -0.05) is 0 Å². The predicted molar refractivity (Wildman–Crippen MR) is 123 cm³/mol. The second-order valence-corrected chi connectivity index (χ2v) is 7.02. The lowest BCUT2D eigenvalue weighted by Crippen LogP contribution is -2.16. The molecule has 0 aliphatic rings. The Hall–Kier alpha value is -4.34. The fourth-order valence-electron chi connectivity index (χ4n) is 3.29. The quantitative estimate of drug-likeness (QED) is 0.501. The molecule has 0 saturated heterocycles. The lowest BCUT2D eigenvalue weighted by Gasteiger charge is -2.15. The van der Waals surface area contributed by atoms with Crippen molar-refractivity contribution >= 4 is 23.5 Å². The number of nitrogens with one attached hydrogen (secondary N) is 1. The largest absolute Gasteiger partial charge is 0.493 e. The van der Waals surface area contributed by atoms with Gasteiger partial charge in [0.25, 0.3) is 5.91 Å². The summed E-state index contributed by atoms with van der Waals surface area (Å²) in [4.78, 5) is 37.2. The van der Waals surface area contributed by atoms with Crippen LogP contribution < -0.4 is 14.8 Å². The number of hydrogen-bond acceptors (Lipinski definition) is 8. The van der Waals surface area contributed by atoms with Gasteiger partial charge in [0, 0.05) is 17.7 Å². The van der Waals surface area contributed by atoms with Crippen LogP contribution in [0.3, 0.4) is 0 Å². The number of hydrogen-bond donors (Lipinski definition) is 1. The average Bonchev–Trinajstić information content (AvgIpc) is 3.24. The van der Waals surface area contributed by atoms with Gasteiger partial charge in [-0.2, -0.15) is 5.10 Å². The van der Waals surface area contributed by atoms with Gasteiger partial charge in [0.2, 0.25) is 0 Å². The summed E-state index contributed by atoms with van der Waals surface area (Å²) in [5, 5.41) is 6.96. The van der Waals surface area contributed by atoms with E-state index < -0.39 is 17.8 Å². The number of carbonyl (C=O) groups excluding carboxylic acids is 3. The Morgan fingerprint density at radius 1 is 0.941 bits per heavy atom. The Kier molecular flexibility index (Phi) is 7.52. The maximum absolute atomic E-state index is 12.9. The van der Waals surface area contributed by atoms with Crippen molar-refractivity contribution in [3.8, 4) is 17.2 Å². The van der Waals surface area contributed by atoms with Gasteiger partial charge in [-0.3, -0.25) is 4.79 Å². The lowest BCUT2D eigenvalue weighted by molar-refractivity contribution is 0.0524. The first-order valence-corrected chi connectivity index (χ1v) is 10.3. The molecule has 178 valence electrons. The number of amides is 1. The molecule has 0 saturated carbocycles. The molecule has 0 radical (unpaired) electrons. The van der Waals surface area contributed by atoms with E-state index in [1.807, 2.05) is 0 Å². The molecule has 0 aliphatic carbocycles. The van der Waals surface area contributed by atoms with E-state index in [4.69, 9.17) is 18.9 Å². The molecule has 3 aromatic rings. The molecule has 0 spiro atoms. The van der Waals surface area contributed by atoms with Crippen LogP contribution in [0.25, 0.3) is 5.69 Å². The average molecular weight is 467 g/mol. The van der Waals surface area contributed by atoms with Crippen molar-refractivity contribution in [3.63, 3.8) is 0 Å². The number of anilines is 1. The second kappa shape index (κ2) is 10.5. The summed E-state index contributed by atoms with van der Waals surface area (Å²) in [5.41, 5.74) is 2.30. The smallest absolute Gasteiger partial charge is 0.341 e. The van der Waals surface area contributed by atoms with Gasteiger partial charge >= 0.3 is 11.9 Å². The molecule has 10 nitrogen and oxygen atoms in total. The van der Waals surface area contributed by atoms with Gasteiger partial charge in [-0.15, -0.1) is 0 Å². The monoisotopic (exact) mass is 467 g/mol. The van der Waals surface area contributed by atoms with Crippen molar-refractivity contribution in [2.24, 2.45) is 0 Å². The van der Waals surface area contributed by atoms with Gasteiger partial charge in [-0.25, -0.2) is 14.3 Å². The summed E-state index contributed by atoms with van der Waals surface area (Å²) < 4.78 is 21.9. The predicted octanol–water partition coefficient (Wildman–Crippen LogP) is 3.41. The Labute approximate surface area is 196 Å². The zero-order chi connectivity index (χ0) is 24.8. The number of ether oxygens (including phenoxy) is 4. The Morgan fingerprint density at radius 2 is 1.59 bits per heavy atom. The second-order valence-electron chi connectivity index (χ2n) is 7.02. The standard InChI is InChI=1S/C24H25N3O7/c1-6-34-24(30)18-13-25-27(14(18)2)16-9-7-15(8-10-16)22(28)26-19-12-21(32-4)20(31-3)11-17(19)23(29)33-5/h7-13H,6H2,1-5H3,(H,26,28). The third-order valence-corrected chi connectivity index (χ3v) is 5.06. The molecular weight excluding hydrogens is 442 g/mol. The zero-order valence-electron chi connectivity index (χ0n) is 19.5. The van der Waals surface area contributed by atoms with E-state index in [1.165, 1.54) is 39.7 Å². The van der Waals surface area contributed by atoms with Crippen LogP contribution >= 0.6 is 0 Å². The molecule has 0 unspecified atom stereocenters. The molecule has 0 aliphatic heterocycles. The third-order valence-electron chi connectivity index (χ3n) is 5.06. The highest BCUT2D eigenvalue weighted by atomic mass is 16.5. The van der Waals surface area contributed by atoms with E-state index in [9.17, 15) is 14.4 Å². The molecular formula is C24H25N3O7. The van der Waals surface area contributed by atoms with Gasteiger partial charge in [0.1, 0.15) is 5.56 Å². The number of methoxy groups -OCH3 is 3. The summed E-state index contributed by atoms with van der Waals surface area (Å²) >= 11 is 0. The van der Waals surface area contributed by atoms with Crippen molar-refractivity contribution in [1.82, 2.24) is 9.78 Å². The van der Waals surface area contributed by atoms with Crippen LogP contribution in [0.2, 0.25) is 0 Å². The number of nitrogens with zero attached hydrogens (tertiary/aromatic N) is 2. The molecule has 34 heavy (non-hydrogen) atoms. The Morgan fingerprint density at radius 3 is 2.18 bits per heavy atom. The highest BCUT2D eigenvalue weighted by Gasteiger charge is 2.20. The van der Waals surface area contributed by atoms with Gasteiger partial charge < -0.3 is 24.3 Å². The van der Waals surface area contributed by atoms with Crippen LogP contribution in [-0.4, -0.2) is 55.6 Å². The minimum absolute atomic E-state index is 0.115. The molecule has 10 heteroatoms. The molecule has 1 heterocycles. The van der Waals surface area contributed by atoms with Crippen LogP contribution in [-0.2, 0) is 9.47 Å². The SMILES string of the molecule is CCOC(=O)c1cnn(-c2ccc(C(=O)Nc3cc(OC)c(OC)cc3C(=O)OC)cc2)c1C. The van der Waals surface area contributed by atoms with E-state index in [-0.39, 0.29) is 17.9 Å². The van der Waals surface area contributed by atoms with E-state index >= 15 is 0 Å². The van der Waals surface area contributed by atoms with Crippen LogP contribution in [0.5, 0.6) is 11.5 Å². The Bertz CT molecular complexity index is 1220. The van der Waals surface area contributed by atoms with E-state index in [0.717, 1.165) is 0 Å². The summed E-state index contributed by atoms with van der Waals surface area (Å²) in [7, 11) is 4.13. The van der Waals surface area contributed by atoms with E-state index in [1.54, 1.807) is 42.8 Å². The lowest BCUT2D eigenvalue weighted by atomic mass is 10.1. The maximum atomic E-state index is 12.9. The van der Waals surface area contributed by atoms with Crippen LogP contribution in [0.15, 0.2) is 42.6 Å². The minimum Gasteiger partial charge on any atom is -0.493 e. The molecule has 3 rings (SSSR count). The third kappa shape index (κ3) is 4.85. The fourth-order valence-corrected chi connectivity index (χ4v) is 3.29. The van der Waals surface area contributed by atoms with E-state index in [2.05, 4.69) is 10.4 Å². The van der Waals surface area contributed by atoms with Crippen molar-refractivity contribution in [2.75, 3.05) is 33.3 Å². The van der Waals surface area contributed by atoms with Gasteiger partial charge in [0.15, 0.2) is 11.5 Å². The first-order valence-electron chi connectivity index (χ1n) is 10.3. The normalized spacial score (nSPS) is 10.4. The topological polar surface area (TPSA) is 118 Å². The van der Waals surface area contributed by atoms with Crippen LogP contribution in [0.4, 0.5) is 5.69 Å². The van der Waals surface area contributed by atoms with Crippen molar-refractivity contribution in [1.29, 1.82) is 0 Å². The molecule has 1 N–H and O–H groups in total. The number of carbonyl (C=O) groups is 3.